The van der Waals surface area contributed by atoms with Gasteiger partial charge in [-0.2, -0.15) is 9.97 Å². The van der Waals surface area contributed by atoms with Crippen molar-refractivity contribution in [1.29, 1.82) is 0 Å². The fourth-order valence-electron chi connectivity index (χ4n) is 3.94. The molecule has 0 aliphatic carbocycles. The molecule has 5 rings (SSSR count). The number of nitrogens with one attached hydrogen (secondary N) is 2. The number of carbonyl (C=O) groups excluding carboxylic acids is 1. The van der Waals surface area contributed by atoms with Gasteiger partial charge in [-0.15, -0.1) is 0 Å². The highest BCUT2D eigenvalue weighted by atomic mass is 16.2. The number of rotatable bonds is 9. The molecule has 0 spiro atoms. The molecular formula is C24H26N8O. The number of carbonyl (C=O) groups is 1. The quantitative estimate of drug-likeness (QED) is 0.411. The minimum atomic E-state index is 0.220. The lowest BCUT2D eigenvalue weighted by atomic mass is 10.2. The molecule has 1 fully saturated rings. The maximum Gasteiger partial charge on any atom is 0.227 e. The predicted molar refractivity (Wildman–Crippen MR) is 126 cm³/mol. The topological polar surface area (TPSA) is 101 Å². The van der Waals surface area contributed by atoms with Crippen molar-refractivity contribution < 1.29 is 4.79 Å². The first kappa shape index (κ1) is 20.9. The van der Waals surface area contributed by atoms with Crippen LogP contribution in [0, 0.1) is 0 Å². The van der Waals surface area contributed by atoms with E-state index in [-0.39, 0.29) is 5.91 Å². The number of aromatic nitrogens is 5. The lowest BCUT2D eigenvalue weighted by Gasteiger charge is -2.16. The fourth-order valence-corrected chi connectivity index (χ4v) is 3.94. The molecule has 4 aromatic rings. The van der Waals surface area contributed by atoms with Crippen LogP contribution in [0.5, 0.6) is 0 Å². The average Bonchev–Trinajstić information content (AvgIpc) is 3.46. The first-order valence-electron chi connectivity index (χ1n) is 11.2. The average molecular weight is 443 g/mol. The standard InChI is InChI=1S/C24H26N8O/c33-20-9-5-11-31(20)12-13-32-17-28-21-22(26-15-18-6-2-1-3-7-18)29-24(30-23(21)32)27-16-19-8-4-10-25-14-19/h1-4,6-8,10,14,17H,5,9,11-13,15-16H2,(H2,26,27,29,30). The van der Waals surface area contributed by atoms with Crippen molar-refractivity contribution in [3.63, 3.8) is 0 Å². The van der Waals surface area contributed by atoms with Gasteiger partial charge in [-0.25, -0.2) is 4.98 Å². The van der Waals surface area contributed by atoms with Crippen LogP contribution >= 0.6 is 0 Å². The summed E-state index contributed by atoms with van der Waals surface area (Å²) >= 11 is 0. The Bertz CT molecular complexity index is 1230. The largest absolute Gasteiger partial charge is 0.364 e. The highest BCUT2D eigenvalue weighted by Crippen LogP contribution is 2.22. The van der Waals surface area contributed by atoms with Gasteiger partial charge >= 0.3 is 0 Å². The number of amides is 1. The Morgan fingerprint density at radius 1 is 0.939 bits per heavy atom. The first-order valence-corrected chi connectivity index (χ1v) is 11.2. The number of nitrogens with zero attached hydrogens (tertiary/aromatic N) is 6. The highest BCUT2D eigenvalue weighted by molar-refractivity contribution is 5.84. The van der Waals surface area contributed by atoms with Gasteiger partial charge in [0.15, 0.2) is 17.0 Å². The number of pyridine rings is 1. The molecule has 33 heavy (non-hydrogen) atoms. The van der Waals surface area contributed by atoms with E-state index in [4.69, 9.17) is 9.97 Å². The third kappa shape index (κ3) is 4.92. The van der Waals surface area contributed by atoms with E-state index >= 15 is 0 Å². The van der Waals surface area contributed by atoms with Crippen molar-refractivity contribution in [3.8, 4) is 0 Å². The molecule has 2 N–H and O–H groups in total. The van der Waals surface area contributed by atoms with Crippen LogP contribution in [0.4, 0.5) is 11.8 Å². The van der Waals surface area contributed by atoms with E-state index < -0.39 is 0 Å². The molecule has 1 amide bonds. The van der Waals surface area contributed by atoms with Crippen LogP contribution < -0.4 is 10.6 Å². The number of anilines is 2. The molecule has 9 heteroatoms. The highest BCUT2D eigenvalue weighted by Gasteiger charge is 2.20. The van der Waals surface area contributed by atoms with Crippen molar-refractivity contribution >= 4 is 28.8 Å². The molecule has 0 atom stereocenters. The van der Waals surface area contributed by atoms with Gasteiger partial charge in [-0.3, -0.25) is 9.78 Å². The maximum atomic E-state index is 12.0. The lowest BCUT2D eigenvalue weighted by Crippen LogP contribution is -2.28. The fraction of sp³-hybridized carbons (Fsp3) is 0.292. The normalized spacial score (nSPS) is 13.6. The van der Waals surface area contributed by atoms with Crippen LogP contribution in [0.15, 0.2) is 61.2 Å². The molecule has 168 valence electrons. The summed E-state index contributed by atoms with van der Waals surface area (Å²) in [5.41, 5.74) is 3.65. The molecule has 0 radical (unpaired) electrons. The Morgan fingerprint density at radius 3 is 2.58 bits per heavy atom. The SMILES string of the molecule is O=C1CCCN1CCn1cnc2c(NCc3ccccc3)nc(NCc3cccnc3)nc21. The second kappa shape index (κ2) is 9.64. The molecule has 0 bridgehead atoms. The van der Waals surface area contributed by atoms with Gasteiger partial charge in [0.2, 0.25) is 11.9 Å². The number of fused-ring (bicyclic) bond motifs is 1. The van der Waals surface area contributed by atoms with Crippen molar-refractivity contribution in [2.75, 3.05) is 23.7 Å². The van der Waals surface area contributed by atoms with E-state index in [0.29, 0.717) is 49.9 Å². The molecule has 0 unspecified atom stereocenters. The van der Waals surface area contributed by atoms with Crippen LogP contribution in [0.1, 0.15) is 24.0 Å². The van der Waals surface area contributed by atoms with Gasteiger partial charge in [0.25, 0.3) is 0 Å². The summed E-state index contributed by atoms with van der Waals surface area (Å²) in [6, 6.07) is 14.1. The van der Waals surface area contributed by atoms with Gasteiger partial charge in [-0.05, 0) is 23.6 Å². The van der Waals surface area contributed by atoms with Gasteiger partial charge in [0.1, 0.15) is 0 Å². The summed E-state index contributed by atoms with van der Waals surface area (Å²) in [6.07, 6.45) is 6.92. The second-order valence-electron chi connectivity index (χ2n) is 8.04. The summed E-state index contributed by atoms with van der Waals surface area (Å²) in [5, 5.41) is 6.72. The molecule has 0 saturated carbocycles. The minimum Gasteiger partial charge on any atom is -0.364 e. The van der Waals surface area contributed by atoms with Crippen molar-refractivity contribution in [2.45, 2.75) is 32.5 Å². The first-order chi connectivity index (χ1) is 16.3. The number of imidazole rings is 1. The van der Waals surface area contributed by atoms with Crippen LogP contribution in [0.25, 0.3) is 11.2 Å². The van der Waals surface area contributed by atoms with Crippen LogP contribution in [0.3, 0.4) is 0 Å². The van der Waals surface area contributed by atoms with Crippen molar-refractivity contribution in [2.24, 2.45) is 0 Å². The summed E-state index contributed by atoms with van der Waals surface area (Å²) < 4.78 is 1.99. The number of likely N-dealkylation sites (tertiary alicyclic amines) is 1. The summed E-state index contributed by atoms with van der Waals surface area (Å²) in [5.74, 6) is 1.41. The molecule has 1 aliphatic rings. The molecule has 3 aromatic heterocycles. The van der Waals surface area contributed by atoms with E-state index in [0.717, 1.165) is 29.7 Å². The van der Waals surface area contributed by atoms with Gasteiger partial charge < -0.3 is 20.1 Å². The van der Waals surface area contributed by atoms with Gasteiger partial charge in [-0.1, -0.05) is 36.4 Å². The second-order valence-corrected chi connectivity index (χ2v) is 8.04. The summed E-state index contributed by atoms with van der Waals surface area (Å²) in [6.45, 7) is 3.30. The summed E-state index contributed by atoms with van der Waals surface area (Å²) in [7, 11) is 0. The Morgan fingerprint density at radius 2 is 1.79 bits per heavy atom. The smallest absolute Gasteiger partial charge is 0.227 e. The minimum absolute atomic E-state index is 0.220. The zero-order chi connectivity index (χ0) is 22.5. The Labute approximate surface area is 191 Å². The maximum absolute atomic E-state index is 12.0. The Hall–Kier alpha value is -4.01. The zero-order valence-electron chi connectivity index (χ0n) is 18.3. The Balaban J connectivity index is 1.40. The molecule has 1 aromatic carbocycles. The Kier molecular flexibility index (Phi) is 6.10. The number of hydrogen-bond donors (Lipinski definition) is 2. The number of hydrogen-bond acceptors (Lipinski definition) is 7. The van der Waals surface area contributed by atoms with E-state index in [1.807, 2.05) is 46.0 Å². The molecule has 4 heterocycles. The van der Waals surface area contributed by atoms with Crippen LogP contribution in [-0.2, 0) is 24.4 Å². The predicted octanol–water partition coefficient (Wildman–Crippen LogP) is 3.07. The van der Waals surface area contributed by atoms with E-state index in [9.17, 15) is 4.79 Å². The monoisotopic (exact) mass is 442 g/mol. The number of benzene rings is 1. The third-order valence-electron chi connectivity index (χ3n) is 5.72. The van der Waals surface area contributed by atoms with Crippen molar-refractivity contribution in [1.82, 2.24) is 29.4 Å². The third-order valence-corrected chi connectivity index (χ3v) is 5.72. The van der Waals surface area contributed by atoms with Gasteiger partial charge in [0, 0.05) is 51.5 Å². The molecule has 1 aliphatic heterocycles. The van der Waals surface area contributed by atoms with Crippen LogP contribution in [-0.4, -0.2) is 48.4 Å². The zero-order valence-corrected chi connectivity index (χ0v) is 18.3. The van der Waals surface area contributed by atoms with Crippen LogP contribution in [0.2, 0.25) is 0 Å². The molecule has 1 saturated heterocycles. The van der Waals surface area contributed by atoms with E-state index in [1.54, 1.807) is 12.5 Å². The molecule has 9 nitrogen and oxygen atoms in total. The van der Waals surface area contributed by atoms with E-state index in [1.165, 1.54) is 0 Å². The van der Waals surface area contributed by atoms with Gasteiger partial charge in [0.05, 0.1) is 6.33 Å². The summed E-state index contributed by atoms with van der Waals surface area (Å²) in [4.78, 5) is 32.1. The van der Waals surface area contributed by atoms with Crippen molar-refractivity contribution in [3.05, 3.63) is 72.3 Å². The van der Waals surface area contributed by atoms with E-state index in [2.05, 4.69) is 32.7 Å². The molecular weight excluding hydrogens is 416 g/mol. The lowest BCUT2D eigenvalue weighted by molar-refractivity contribution is -0.127.